The van der Waals surface area contributed by atoms with Crippen LogP contribution in [0.5, 0.6) is 0 Å². The summed E-state index contributed by atoms with van der Waals surface area (Å²) >= 11 is 0. The summed E-state index contributed by atoms with van der Waals surface area (Å²) in [6.45, 7) is 1.80. The van der Waals surface area contributed by atoms with Crippen LogP contribution < -0.4 is 16.0 Å². The van der Waals surface area contributed by atoms with Crippen LogP contribution in [0.1, 0.15) is 44.2 Å². The number of hydrogen-bond donors (Lipinski definition) is 3. The van der Waals surface area contributed by atoms with Crippen LogP contribution in [0.15, 0.2) is 18.2 Å². The Bertz CT molecular complexity index is 574. The van der Waals surface area contributed by atoms with Gasteiger partial charge in [0.05, 0.1) is 0 Å². The zero-order chi connectivity index (χ0) is 16.8. The lowest BCUT2D eigenvalue weighted by Crippen LogP contribution is -2.87. The highest BCUT2D eigenvalue weighted by Gasteiger charge is 2.19. The van der Waals surface area contributed by atoms with Crippen molar-refractivity contribution in [2.75, 3.05) is 6.54 Å². The molecule has 23 heavy (non-hydrogen) atoms. The molecule has 1 aliphatic carbocycles. The van der Waals surface area contributed by atoms with E-state index in [1.807, 2.05) is 0 Å². The third kappa shape index (κ3) is 5.28. The first-order chi connectivity index (χ1) is 11.0. The molecule has 1 fully saturated rings. The van der Waals surface area contributed by atoms with Crippen LogP contribution in [0, 0.1) is 11.6 Å². The maximum atomic E-state index is 13.2. The summed E-state index contributed by atoms with van der Waals surface area (Å²) in [5.41, 5.74) is 0.576. The molecule has 0 unspecified atom stereocenters. The van der Waals surface area contributed by atoms with Gasteiger partial charge < -0.3 is 10.6 Å². The van der Waals surface area contributed by atoms with Gasteiger partial charge in [-0.3, -0.25) is 10.1 Å². The van der Waals surface area contributed by atoms with Crippen molar-refractivity contribution in [3.05, 3.63) is 35.4 Å². The standard InChI is InChI=1S/C16H21F2N3O2/c1-10(11-6-7-13(17)14(18)8-11)19-9-15(22)21-16(23)20-12-4-2-3-5-12/h6-8,10,12,19H,2-5,9H2,1H3,(H2,20,21,22,23)/p+1/t10-/m1/s1. The van der Waals surface area contributed by atoms with Crippen molar-refractivity contribution in [3.8, 4) is 0 Å². The van der Waals surface area contributed by atoms with Crippen molar-refractivity contribution in [2.24, 2.45) is 0 Å². The maximum absolute atomic E-state index is 13.2. The van der Waals surface area contributed by atoms with Gasteiger partial charge in [0.15, 0.2) is 18.2 Å². The van der Waals surface area contributed by atoms with Gasteiger partial charge in [0.2, 0.25) is 0 Å². The van der Waals surface area contributed by atoms with E-state index in [1.165, 1.54) is 6.07 Å². The Kier molecular flexibility index (Phi) is 6.04. The fourth-order valence-corrected chi connectivity index (χ4v) is 2.68. The number of carbonyl (C=O) groups excluding carboxylic acids is 2. The van der Waals surface area contributed by atoms with Gasteiger partial charge in [-0.1, -0.05) is 12.8 Å². The quantitative estimate of drug-likeness (QED) is 0.764. The Hall–Kier alpha value is -2.02. The monoisotopic (exact) mass is 326 g/mol. The zero-order valence-electron chi connectivity index (χ0n) is 13.1. The highest BCUT2D eigenvalue weighted by Crippen LogP contribution is 2.17. The highest BCUT2D eigenvalue weighted by atomic mass is 19.2. The molecule has 4 N–H and O–H groups in total. The Morgan fingerprint density at radius 3 is 2.61 bits per heavy atom. The lowest BCUT2D eigenvalue weighted by molar-refractivity contribution is -0.682. The minimum absolute atomic E-state index is 0.0260. The largest absolute Gasteiger partial charge is 0.335 e. The molecule has 3 amide bonds. The van der Waals surface area contributed by atoms with Crippen LogP contribution in [-0.2, 0) is 4.79 Å². The van der Waals surface area contributed by atoms with Crippen molar-refractivity contribution < 1.29 is 23.7 Å². The molecule has 1 aromatic carbocycles. The number of imide groups is 1. The fraction of sp³-hybridized carbons (Fsp3) is 0.500. The summed E-state index contributed by atoms with van der Waals surface area (Å²) in [7, 11) is 0. The number of halogens is 2. The van der Waals surface area contributed by atoms with E-state index < -0.39 is 23.6 Å². The summed E-state index contributed by atoms with van der Waals surface area (Å²) < 4.78 is 26.1. The molecule has 5 nitrogen and oxygen atoms in total. The Morgan fingerprint density at radius 2 is 1.96 bits per heavy atom. The smallest absolute Gasteiger partial charge is 0.321 e. The molecule has 0 spiro atoms. The Labute approximate surface area is 133 Å². The van der Waals surface area contributed by atoms with Gasteiger partial charge in [-0.25, -0.2) is 13.6 Å². The molecule has 1 aliphatic rings. The van der Waals surface area contributed by atoms with Gasteiger partial charge in [0, 0.05) is 11.6 Å². The average Bonchev–Trinajstić information content (AvgIpc) is 3.00. The first kappa shape index (κ1) is 17.3. The normalized spacial score (nSPS) is 16.1. The number of quaternary nitrogens is 1. The summed E-state index contributed by atoms with van der Waals surface area (Å²) in [5.74, 6) is -2.24. The van der Waals surface area contributed by atoms with Crippen LogP contribution >= 0.6 is 0 Å². The van der Waals surface area contributed by atoms with Crippen molar-refractivity contribution in [1.29, 1.82) is 0 Å². The molecule has 0 radical (unpaired) electrons. The van der Waals surface area contributed by atoms with E-state index in [2.05, 4.69) is 10.6 Å². The van der Waals surface area contributed by atoms with Gasteiger partial charge in [0.25, 0.3) is 5.91 Å². The predicted molar refractivity (Wildman–Crippen MR) is 80.5 cm³/mol. The average molecular weight is 326 g/mol. The van der Waals surface area contributed by atoms with E-state index in [9.17, 15) is 18.4 Å². The lowest BCUT2D eigenvalue weighted by Gasteiger charge is -2.13. The van der Waals surface area contributed by atoms with Crippen LogP contribution in [0.25, 0.3) is 0 Å². The number of benzene rings is 1. The second-order valence-corrected chi connectivity index (χ2v) is 5.91. The summed E-state index contributed by atoms with van der Waals surface area (Å²) in [5, 5.41) is 6.70. The van der Waals surface area contributed by atoms with Gasteiger partial charge >= 0.3 is 6.03 Å². The number of nitrogens with two attached hydrogens (primary N) is 1. The topological polar surface area (TPSA) is 74.8 Å². The highest BCUT2D eigenvalue weighted by molar-refractivity contribution is 5.94. The van der Waals surface area contributed by atoms with Gasteiger partial charge in [0.1, 0.15) is 6.04 Å². The molecular formula is C16H22F2N3O2+. The van der Waals surface area contributed by atoms with Crippen LogP contribution in [0.3, 0.4) is 0 Å². The first-order valence-electron chi connectivity index (χ1n) is 7.84. The van der Waals surface area contributed by atoms with Crippen LogP contribution in [0.4, 0.5) is 13.6 Å². The molecule has 0 saturated heterocycles. The maximum Gasteiger partial charge on any atom is 0.321 e. The molecule has 2 rings (SSSR count). The third-order valence-electron chi connectivity index (χ3n) is 4.07. The molecule has 1 saturated carbocycles. The molecule has 1 atom stereocenters. The second-order valence-electron chi connectivity index (χ2n) is 5.91. The molecule has 0 heterocycles. The zero-order valence-corrected chi connectivity index (χ0v) is 13.1. The van der Waals surface area contributed by atoms with E-state index in [4.69, 9.17) is 0 Å². The Morgan fingerprint density at radius 1 is 1.26 bits per heavy atom. The van der Waals surface area contributed by atoms with Gasteiger partial charge in [-0.15, -0.1) is 0 Å². The number of hydrogen-bond acceptors (Lipinski definition) is 2. The number of urea groups is 1. The van der Waals surface area contributed by atoms with Crippen molar-refractivity contribution in [1.82, 2.24) is 10.6 Å². The van der Waals surface area contributed by atoms with E-state index in [0.29, 0.717) is 5.56 Å². The fourth-order valence-electron chi connectivity index (χ4n) is 2.68. The molecular weight excluding hydrogens is 304 g/mol. The SMILES string of the molecule is C[C@@H]([NH2+]CC(=O)NC(=O)NC1CCCC1)c1ccc(F)c(F)c1. The summed E-state index contributed by atoms with van der Waals surface area (Å²) in [4.78, 5) is 23.4. The summed E-state index contributed by atoms with van der Waals surface area (Å²) in [6.07, 6.45) is 4.08. The molecule has 0 aliphatic heterocycles. The molecule has 0 bridgehead atoms. The van der Waals surface area contributed by atoms with E-state index in [-0.39, 0.29) is 18.6 Å². The summed E-state index contributed by atoms with van der Waals surface area (Å²) in [6, 6.07) is 3.09. The van der Waals surface area contributed by atoms with E-state index >= 15 is 0 Å². The van der Waals surface area contributed by atoms with Crippen LogP contribution in [0.2, 0.25) is 0 Å². The van der Waals surface area contributed by atoms with Gasteiger partial charge in [-0.05, 0) is 38.0 Å². The number of nitrogens with one attached hydrogen (secondary N) is 2. The predicted octanol–water partition coefficient (Wildman–Crippen LogP) is 1.36. The lowest BCUT2D eigenvalue weighted by atomic mass is 10.1. The van der Waals surface area contributed by atoms with E-state index in [1.54, 1.807) is 12.2 Å². The van der Waals surface area contributed by atoms with Crippen molar-refractivity contribution in [3.63, 3.8) is 0 Å². The first-order valence-corrected chi connectivity index (χ1v) is 7.84. The Balaban J connectivity index is 1.74. The molecule has 0 aromatic heterocycles. The number of amides is 3. The van der Waals surface area contributed by atoms with Crippen LogP contribution in [-0.4, -0.2) is 24.5 Å². The number of rotatable bonds is 5. The van der Waals surface area contributed by atoms with Crippen molar-refractivity contribution in [2.45, 2.75) is 44.7 Å². The molecule has 7 heteroatoms. The third-order valence-corrected chi connectivity index (χ3v) is 4.07. The second kappa shape index (κ2) is 8.01. The minimum atomic E-state index is -0.914. The molecule has 1 aromatic rings. The van der Waals surface area contributed by atoms with Gasteiger partial charge in [-0.2, -0.15) is 0 Å². The van der Waals surface area contributed by atoms with Crippen molar-refractivity contribution >= 4 is 11.9 Å². The minimum Gasteiger partial charge on any atom is -0.335 e. The number of carbonyl (C=O) groups is 2. The van der Waals surface area contributed by atoms with E-state index in [0.717, 1.165) is 37.8 Å². The molecule has 126 valence electrons.